The summed E-state index contributed by atoms with van der Waals surface area (Å²) in [6, 6.07) is 72.0. The first-order chi connectivity index (χ1) is 27.3. The zero-order chi connectivity index (χ0) is 36.3. The second-order valence-corrected chi connectivity index (χ2v) is 15.1. The molecule has 0 aliphatic heterocycles. The normalized spacial score (nSPS) is 11.6. The van der Waals surface area contributed by atoms with Crippen LogP contribution in [0.1, 0.15) is 0 Å². The minimum Gasteiger partial charge on any atom is -0.456 e. The van der Waals surface area contributed by atoms with Gasteiger partial charge in [0.15, 0.2) is 0 Å². The molecular weight excluding hydrogens is 687 g/mol. The van der Waals surface area contributed by atoms with E-state index in [4.69, 9.17) is 4.42 Å². The van der Waals surface area contributed by atoms with Gasteiger partial charge in [-0.1, -0.05) is 152 Å². The summed E-state index contributed by atoms with van der Waals surface area (Å²) in [6.07, 6.45) is 0. The van der Waals surface area contributed by atoms with Crippen molar-refractivity contribution in [3.8, 4) is 33.4 Å². The smallest absolute Gasteiger partial charge is 0.138 e. The molecule has 55 heavy (non-hydrogen) atoms. The van der Waals surface area contributed by atoms with Gasteiger partial charge >= 0.3 is 0 Å². The first-order valence-corrected chi connectivity index (χ1v) is 19.5. The number of hydrogen-bond acceptors (Lipinski definition) is 3. The quantitative estimate of drug-likeness (QED) is 0.170. The zero-order valence-electron chi connectivity index (χ0n) is 29.8. The van der Waals surface area contributed by atoms with Crippen LogP contribution >= 0.6 is 11.3 Å². The highest BCUT2D eigenvalue weighted by molar-refractivity contribution is 7.26. The van der Waals surface area contributed by atoms with E-state index in [0.717, 1.165) is 50.1 Å². The molecule has 0 unspecified atom stereocenters. The molecule has 0 N–H and O–H groups in total. The summed E-state index contributed by atoms with van der Waals surface area (Å²) in [4.78, 5) is 2.36. The summed E-state index contributed by atoms with van der Waals surface area (Å²) in [5, 5.41) is 7.30. The first kappa shape index (κ1) is 31.6. The Hall–Kier alpha value is -6.94. The monoisotopic (exact) mass is 719 g/mol. The molecule has 0 saturated carbocycles. The molecule has 9 aromatic carbocycles. The Balaban J connectivity index is 1.12. The van der Waals surface area contributed by atoms with Crippen molar-refractivity contribution >= 4 is 81.3 Å². The predicted molar refractivity (Wildman–Crippen MR) is 235 cm³/mol. The Bertz CT molecular complexity index is 3180. The van der Waals surface area contributed by atoms with E-state index >= 15 is 0 Å². The maximum absolute atomic E-state index is 6.78. The lowest BCUT2D eigenvalue weighted by molar-refractivity contribution is 0.669. The average molecular weight is 720 g/mol. The predicted octanol–water partition coefficient (Wildman–Crippen LogP) is 15.6. The van der Waals surface area contributed by atoms with E-state index in [9.17, 15) is 0 Å². The van der Waals surface area contributed by atoms with E-state index in [1.807, 2.05) is 11.3 Å². The molecule has 3 heteroatoms. The van der Waals surface area contributed by atoms with Gasteiger partial charge in [-0.05, 0) is 86.6 Å². The SMILES string of the molecule is c1ccc(-c2ccc(N(c3ccc(-c4cccc5c4sc4ccccc45)cc3)c3cc(-c4ccccc4)c4c(c3)oc3ccc5ccccc5c34)cc2)cc1. The minimum atomic E-state index is 0.863. The van der Waals surface area contributed by atoms with Crippen molar-refractivity contribution in [1.29, 1.82) is 0 Å². The Kier molecular flexibility index (Phi) is 7.39. The lowest BCUT2D eigenvalue weighted by Crippen LogP contribution is -2.10. The van der Waals surface area contributed by atoms with Crippen LogP contribution < -0.4 is 4.90 Å². The molecule has 2 aromatic heterocycles. The lowest BCUT2D eigenvalue weighted by Gasteiger charge is -2.27. The molecule has 0 spiro atoms. The Morgan fingerprint density at radius 3 is 1.73 bits per heavy atom. The average Bonchev–Trinajstić information content (AvgIpc) is 3.84. The van der Waals surface area contributed by atoms with Crippen LogP contribution in [0.25, 0.3) is 86.3 Å². The summed E-state index contributed by atoms with van der Waals surface area (Å²) in [5.41, 5.74) is 12.0. The molecule has 0 bridgehead atoms. The highest BCUT2D eigenvalue weighted by atomic mass is 32.1. The summed E-state index contributed by atoms with van der Waals surface area (Å²) in [5.74, 6) is 0. The second-order valence-electron chi connectivity index (χ2n) is 14.1. The van der Waals surface area contributed by atoms with Gasteiger partial charge in [-0.25, -0.2) is 0 Å². The highest BCUT2D eigenvalue weighted by Gasteiger charge is 2.21. The van der Waals surface area contributed by atoms with Crippen molar-refractivity contribution in [3.05, 3.63) is 200 Å². The summed E-state index contributed by atoms with van der Waals surface area (Å²) in [7, 11) is 0. The summed E-state index contributed by atoms with van der Waals surface area (Å²) < 4.78 is 9.41. The molecular formula is C52H33NOS. The number of furan rings is 1. The molecule has 0 aliphatic carbocycles. The standard InChI is InChI=1S/C52H33NOS/c1-3-12-34(13-4-1)35-22-27-39(28-23-35)53(40-29-24-38(25-30-40)43-19-11-20-45-44-18-9-10-21-49(44)55-52(43)45)41-32-46(36-14-5-2-6-15-36)51-48(33-41)54-47-31-26-37-16-7-8-17-42(37)50(47)51/h1-33H. The van der Waals surface area contributed by atoms with Gasteiger partial charge in [0.05, 0.1) is 5.69 Å². The fraction of sp³-hybridized carbons (Fsp3) is 0. The van der Waals surface area contributed by atoms with Crippen molar-refractivity contribution in [2.75, 3.05) is 4.90 Å². The Morgan fingerprint density at radius 2 is 0.964 bits per heavy atom. The van der Waals surface area contributed by atoms with Crippen molar-refractivity contribution in [1.82, 2.24) is 0 Å². The van der Waals surface area contributed by atoms with Crippen LogP contribution in [0.2, 0.25) is 0 Å². The van der Waals surface area contributed by atoms with E-state index < -0.39 is 0 Å². The van der Waals surface area contributed by atoms with Crippen LogP contribution in [0.3, 0.4) is 0 Å². The molecule has 0 amide bonds. The fourth-order valence-corrected chi connectivity index (χ4v) is 9.51. The molecule has 0 fully saturated rings. The molecule has 2 nitrogen and oxygen atoms in total. The largest absolute Gasteiger partial charge is 0.456 e. The molecule has 258 valence electrons. The zero-order valence-corrected chi connectivity index (χ0v) is 30.6. The van der Waals surface area contributed by atoms with Gasteiger partial charge in [0.2, 0.25) is 0 Å². The number of anilines is 3. The number of benzene rings is 9. The highest BCUT2D eigenvalue weighted by Crippen LogP contribution is 2.46. The van der Waals surface area contributed by atoms with Gasteiger partial charge in [0.1, 0.15) is 11.2 Å². The van der Waals surface area contributed by atoms with Crippen LogP contribution in [0.5, 0.6) is 0 Å². The van der Waals surface area contributed by atoms with E-state index in [-0.39, 0.29) is 0 Å². The summed E-state index contributed by atoms with van der Waals surface area (Å²) in [6.45, 7) is 0. The van der Waals surface area contributed by atoms with Gasteiger partial charge in [-0.15, -0.1) is 11.3 Å². The molecule has 11 aromatic rings. The molecule has 0 aliphatic rings. The second kappa shape index (κ2) is 12.9. The number of nitrogens with zero attached hydrogens (tertiary/aromatic N) is 1. The third-order valence-electron chi connectivity index (χ3n) is 10.9. The maximum atomic E-state index is 6.78. The first-order valence-electron chi connectivity index (χ1n) is 18.7. The third-order valence-corrected chi connectivity index (χ3v) is 12.1. The van der Waals surface area contributed by atoms with E-state index in [1.54, 1.807) is 0 Å². The van der Waals surface area contributed by atoms with Crippen LogP contribution in [0.4, 0.5) is 17.1 Å². The van der Waals surface area contributed by atoms with Crippen molar-refractivity contribution in [2.45, 2.75) is 0 Å². The van der Waals surface area contributed by atoms with Crippen LogP contribution in [-0.4, -0.2) is 0 Å². The van der Waals surface area contributed by atoms with Gasteiger partial charge in [-0.3, -0.25) is 0 Å². The maximum Gasteiger partial charge on any atom is 0.138 e. The molecule has 2 heterocycles. The molecule has 0 atom stereocenters. The minimum absolute atomic E-state index is 0.863. The Labute approximate surface area is 322 Å². The molecule has 0 saturated heterocycles. The molecule has 0 radical (unpaired) electrons. The topological polar surface area (TPSA) is 16.4 Å². The van der Waals surface area contributed by atoms with Crippen molar-refractivity contribution in [3.63, 3.8) is 0 Å². The van der Waals surface area contributed by atoms with E-state index in [0.29, 0.717) is 0 Å². The molecule has 11 rings (SSSR count). The van der Waals surface area contributed by atoms with Crippen LogP contribution in [0.15, 0.2) is 205 Å². The van der Waals surface area contributed by atoms with E-state index in [1.165, 1.54) is 53.2 Å². The van der Waals surface area contributed by atoms with Gasteiger partial charge in [-0.2, -0.15) is 0 Å². The number of hydrogen-bond donors (Lipinski definition) is 0. The van der Waals surface area contributed by atoms with Crippen LogP contribution in [-0.2, 0) is 0 Å². The van der Waals surface area contributed by atoms with Crippen molar-refractivity contribution in [2.24, 2.45) is 0 Å². The van der Waals surface area contributed by atoms with Gasteiger partial charge in [0.25, 0.3) is 0 Å². The third kappa shape index (κ3) is 5.32. The van der Waals surface area contributed by atoms with Gasteiger partial charge < -0.3 is 9.32 Å². The number of rotatable bonds is 6. The van der Waals surface area contributed by atoms with Crippen LogP contribution in [0, 0.1) is 0 Å². The number of fused-ring (bicyclic) bond motifs is 8. The van der Waals surface area contributed by atoms with Gasteiger partial charge in [0, 0.05) is 48.4 Å². The fourth-order valence-electron chi connectivity index (χ4n) is 8.27. The summed E-state index contributed by atoms with van der Waals surface area (Å²) >= 11 is 1.87. The number of thiophene rings is 1. The Morgan fingerprint density at radius 1 is 0.364 bits per heavy atom. The lowest BCUT2D eigenvalue weighted by atomic mass is 9.95. The van der Waals surface area contributed by atoms with E-state index in [2.05, 4.69) is 205 Å². The van der Waals surface area contributed by atoms with Crippen molar-refractivity contribution < 1.29 is 4.42 Å².